The molecule has 3 nitrogen and oxygen atoms in total. The molecule has 21 heavy (non-hydrogen) atoms. The van der Waals surface area contributed by atoms with Crippen LogP contribution in [0.3, 0.4) is 0 Å². The monoisotopic (exact) mass is 284 g/mol. The molecule has 3 heteroatoms. The predicted molar refractivity (Wildman–Crippen MR) is 87.3 cm³/mol. The molecule has 0 saturated heterocycles. The van der Waals surface area contributed by atoms with Gasteiger partial charge in [-0.2, -0.15) is 0 Å². The Hall–Kier alpha value is -1.84. The van der Waals surface area contributed by atoms with E-state index in [0.717, 1.165) is 25.3 Å². The van der Waals surface area contributed by atoms with E-state index in [9.17, 15) is 0 Å². The van der Waals surface area contributed by atoms with E-state index in [2.05, 4.69) is 36.2 Å². The summed E-state index contributed by atoms with van der Waals surface area (Å²) in [7, 11) is 3.81. The minimum atomic E-state index is 0.101. The van der Waals surface area contributed by atoms with E-state index in [1.807, 2.05) is 30.3 Å². The molecule has 0 bridgehead atoms. The maximum absolute atomic E-state index is 6.23. The highest BCUT2D eigenvalue weighted by Crippen LogP contribution is 2.15. The molecule has 0 aromatic heterocycles. The molecule has 2 N–H and O–H groups in total. The molecule has 0 radical (unpaired) electrons. The van der Waals surface area contributed by atoms with Crippen LogP contribution in [0.4, 0.5) is 0 Å². The summed E-state index contributed by atoms with van der Waals surface area (Å²) in [4.78, 5) is 2.30. The van der Waals surface area contributed by atoms with E-state index < -0.39 is 0 Å². The fraction of sp³-hybridized carbons (Fsp3) is 0.333. The van der Waals surface area contributed by atoms with E-state index in [1.54, 1.807) is 7.11 Å². The summed E-state index contributed by atoms with van der Waals surface area (Å²) < 4.78 is 5.17. The van der Waals surface area contributed by atoms with Crippen LogP contribution in [0, 0.1) is 0 Å². The van der Waals surface area contributed by atoms with Gasteiger partial charge in [-0.25, -0.2) is 0 Å². The van der Waals surface area contributed by atoms with E-state index in [-0.39, 0.29) is 6.04 Å². The van der Waals surface area contributed by atoms with Crippen LogP contribution < -0.4 is 10.5 Å². The molecule has 0 saturated carbocycles. The molecule has 2 rings (SSSR count). The van der Waals surface area contributed by atoms with Crippen molar-refractivity contribution in [1.82, 2.24) is 4.90 Å². The van der Waals surface area contributed by atoms with Crippen LogP contribution in [0.2, 0.25) is 0 Å². The van der Waals surface area contributed by atoms with Crippen molar-refractivity contribution < 1.29 is 4.74 Å². The Labute approximate surface area is 127 Å². The molecule has 0 amide bonds. The number of nitrogens with two attached hydrogens (primary N) is 1. The standard InChI is InChI=1S/C18H24N2O/c1-20(14-15-8-10-17(21-2)11-9-15)13-12-18(19)16-6-4-3-5-7-16/h3-11,18H,12-14,19H2,1-2H3. The van der Waals surface area contributed by atoms with Gasteiger partial charge in [0, 0.05) is 12.6 Å². The molecule has 0 heterocycles. The summed E-state index contributed by atoms with van der Waals surface area (Å²) in [5.74, 6) is 0.896. The number of benzene rings is 2. The van der Waals surface area contributed by atoms with E-state index in [4.69, 9.17) is 10.5 Å². The van der Waals surface area contributed by atoms with Crippen molar-refractivity contribution in [3.05, 3.63) is 65.7 Å². The van der Waals surface area contributed by atoms with Gasteiger partial charge in [0.2, 0.25) is 0 Å². The molecule has 0 spiro atoms. The molecule has 0 aliphatic heterocycles. The Bertz CT molecular complexity index is 525. The average Bonchev–Trinajstić information content (AvgIpc) is 2.54. The van der Waals surface area contributed by atoms with Gasteiger partial charge in [-0.05, 0) is 43.3 Å². The van der Waals surface area contributed by atoms with Gasteiger partial charge in [0.25, 0.3) is 0 Å². The van der Waals surface area contributed by atoms with E-state index >= 15 is 0 Å². The lowest BCUT2D eigenvalue weighted by molar-refractivity contribution is 0.311. The third kappa shape index (κ3) is 4.88. The zero-order valence-corrected chi connectivity index (χ0v) is 12.8. The Morgan fingerprint density at radius 2 is 1.71 bits per heavy atom. The average molecular weight is 284 g/mol. The molecule has 1 unspecified atom stereocenters. The molecule has 0 aliphatic carbocycles. The van der Waals surface area contributed by atoms with Gasteiger partial charge in [0.15, 0.2) is 0 Å². The number of rotatable bonds is 7. The van der Waals surface area contributed by atoms with Crippen molar-refractivity contribution in [3.8, 4) is 5.75 Å². The first-order valence-corrected chi connectivity index (χ1v) is 7.31. The summed E-state index contributed by atoms with van der Waals surface area (Å²) in [6.07, 6.45) is 0.955. The van der Waals surface area contributed by atoms with Crippen molar-refractivity contribution >= 4 is 0 Å². The zero-order valence-electron chi connectivity index (χ0n) is 12.8. The minimum absolute atomic E-state index is 0.101. The second-order valence-electron chi connectivity index (χ2n) is 5.39. The maximum atomic E-state index is 6.23. The van der Waals surface area contributed by atoms with Crippen molar-refractivity contribution in [2.45, 2.75) is 19.0 Å². The Morgan fingerprint density at radius 1 is 1.05 bits per heavy atom. The van der Waals surface area contributed by atoms with Crippen LogP contribution in [-0.2, 0) is 6.54 Å². The smallest absolute Gasteiger partial charge is 0.118 e. The predicted octanol–water partition coefficient (Wildman–Crippen LogP) is 3.22. The van der Waals surface area contributed by atoms with Gasteiger partial charge in [-0.3, -0.25) is 0 Å². The fourth-order valence-electron chi connectivity index (χ4n) is 2.35. The largest absolute Gasteiger partial charge is 0.497 e. The van der Waals surface area contributed by atoms with Gasteiger partial charge in [-0.1, -0.05) is 42.5 Å². The highest BCUT2D eigenvalue weighted by molar-refractivity contribution is 5.27. The number of hydrogen-bond acceptors (Lipinski definition) is 3. The lowest BCUT2D eigenvalue weighted by atomic mass is 10.0. The third-order valence-electron chi connectivity index (χ3n) is 3.66. The van der Waals surface area contributed by atoms with Gasteiger partial charge < -0.3 is 15.4 Å². The van der Waals surface area contributed by atoms with Crippen molar-refractivity contribution in [2.24, 2.45) is 5.73 Å². The Kier molecular flexibility index (Phi) is 5.78. The lowest BCUT2D eigenvalue weighted by Crippen LogP contribution is -2.23. The normalized spacial score (nSPS) is 12.4. The highest BCUT2D eigenvalue weighted by Gasteiger charge is 2.07. The van der Waals surface area contributed by atoms with E-state index in [0.29, 0.717) is 0 Å². The second kappa shape index (κ2) is 7.81. The minimum Gasteiger partial charge on any atom is -0.497 e. The third-order valence-corrected chi connectivity index (χ3v) is 3.66. The van der Waals surface area contributed by atoms with Crippen molar-refractivity contribution in [1.29, 1.82) is 0 Å². The molecule has 0 aliphatic rings. The zero-order chi connectivity index (χ0) is 15.1. The lowest BCUT2D eigenvalue weighted by Gasteiger charge is -2.19. The maximum Gasteiger partial charge on any atom is 0.118 e. The van der Waals surface area contributed by atoms with Crippen molar-refractivity contribution in [2.75, 3.05) is 20.7 Å². The second-order valence-corrected chi connectivity index (χ2v) is 5.39. The summed E-state index contributed by atoms with van der Waals surface area (Å²) in [5.41, 5.74) is 8.72. The molecule has 2 aromatic rings. The van der Waals surface area contributed by atoms with Crippen LogP contribution >= 0.6 is 0 Å². The van der Waals surface area contributed by atoms with Crippen LogP contribution in [0.5, 0.6) is 5.75 Å². The molecular formula is C18H24N2O. The van der Waals surface area contributed by atoms with Crippen LogP contribution in [0.15, 0.2) is 54.6 Å². The topological polar surface area (TPSA) is 38.5 Å². The molecule has 2 aromatic carbocycles. The first-order chi connectivity index (χ1) is 10.2. The van der Waals surface area contributed by atoms with Gasteiger partial charge in [0.1, 0.15) is 5.75 Å². The van der Waals surface area contributed by atoms with E-state index in [1.165, 1.54) is 11.1 Å². The van der Waals surface area contributed by atoms with Gasteiger partial charge in [-0.15, -0.1) is 0 Å². The first-order valence-electron chi connectivity index (χ1n) is 7.31. The molecule has 112 valence electrons. The quantitative estimate of drug-likeness (QED) is 0.848. The summed E-state index contributed by atoms with van der Waals surface area (Å²) in [6, 6.07) is 18.6. The summed E-state index contributed by atoms with van der Waals surface area (Å²) in [6.45, 7) is 1.90. The Morgan fingerprint density at radius 3 is 2.33 bits per heavy atom. The van der Waals surface area contributed by atoms with Crippen molar-refractivity contribution in [3.63, 3.8) is 0 Å². The SMILES string of the molecule is COc1ccc(CN(C)CCC(N)c2ccccc2)cc1. The Balaban J connectivity index is 1.80. The number of methoxy groups -OCH3 is 1. The molecule has 1 atom stereocenters. The van der Waals surface area contributed by atoms with Crippen LogP contribution in [-0.4, -0.2) is 25.6 Å². The number of ether oxygens (including phenoxy) is 1. The fourth-order valence-corrected chi connectivity index (χ4v) is 2.35. The van der Waals surface area contributed by atoms with Crippen LogP contribution in [0.25, 0.3) is 0 Å². The van der Waals surface area contributed by atoms with Gasteiger partial charge >= 0.3 is 0 Å². The number of hydrogen-bond donors (Lipinski definition) is 1. The summed E-state index contributed by atoms with van der Waals surface area (Å²) in [5, 5.41) is 0. The van der Waals surface area contributed by atoms with Gasteiger partial charge in [0.05, 0.1) is 7.11 Å². The molecular weight excluding hydrogens is 260 g/mol. The van der Waals surface area contributed by atoms with Crippen LogP contribution in [0.1, 0.15) is 23.6 Å². The molecule has 0 fully saturated rings. The summed E-state index contributed by atoms with van der Waals surface area (Å²) >= 11 is 0. The first kappa shape index (κ1) is 15.5. The number of nitrogens with zero attached hydrogens (tertiary/aromatic N) is 1. The highest BCUT2D eigenvalue weighted by atomic mass is 16.5.